The van der Waals surface area contributed by atoms with E-state index in [9.17, 15) is 18.0 Å². The maximum absolute atomic E-state index is 13.0. The van der Waals surface area contributed by atoms with Gasteiger partial charge in [0.2, 0.25) is 0 Å². The number of aromatic nitrogens is 2. The van der Waals surface area contributed by atoms with E-state index in [1.54, 1.807) is 24.3 Å². The van der Waals surface area contributed by atoms with Crippen molar-refractivity contribution in [2.75, 3.05) is 0 Å². The highest BCUT2D eigenvalue weighted by Crippen LogP contribution is 2.34. The van der Waals surface area contributed by atoms with Gasteiger partial charge < -0.3 is 11.5 Å². The average molecular weight is 326 g/mol. The first-order valence-corrected chi connectivity index (χ1v) is 6.91. The van der Waals surface area contributed by atoms with Gasteiger partial charge in [0.1, 0.15) is 11.7 Å². The fourth-order valence-electron chi connectivity index (χ4n) is 2.33. The maximum Gasteiger partial charge on any atom is 0.410 e. The number of nitrogens with zero attached hydrogens (tertiary/aromatic N) is 2. The van der Waals surface area contributed by atoms with Gasteiger partial charge in [-0.1, -0.05) is 24.3 Å². The number of rotatable bonds is 4. The summed E-state index contributed by atoms with van der Waals surface area (Å²) in [6.45, 7) is 2.71. The minimum Gasteiger partial charge on any atom is -0.365 e. The van der Waals surface area contributed by atoms with E-state index in [4.69, 9.17) is 11.5 Å². The molecule has 0 aliphatic rings. The number of halogens is 3. The largest absolute Gasteiger partial charge is 0.410 e. The number of primary amides is 1. The maximum atomic E-state index is 13.0. The molecule has 5 nitrogen and oxygen atoms in total. The lowest BCUT2D eigenvalue weighted by Gasteiger charge is -2.17. The number of carbonyl (C=O) groups is 1. The summed E-state index contributed by atoms with van der Waals surface area (Å²) in [7, 11) is 0. The summed E-state index contributed by atoms with van der Waals surface area (Å²) in [5.41, 5.74) is 12.4. The van der Waals surface area contributed by atoms with Crippen molar-refractivity contribution in [3.05, 3.63) is 41.1 Å². The summed E-state index contributed by atoms with van der Waals surface area (Å²) < 4.78 is 39.7. The van der Waals surface area contributed by atoms with Crippen molar-refractivity contribution < 1.29 is 18.0 Å². The van der Waals surface area contributed by atoms with E-state index in [2.05, 4.69) is 5.10 Å². The van der Waals surface area contributed by atoms with E-state index in [1.165, 1.54) is 6.92 Å². The van der Waals surface area contributed by atoms with Crippen LogP contribution in [-0.4, -0.2) is 21.9 Å². The molecule has 4 N–H and O–H groups in total. The van der Waals surface area contributed by atoms with Crippen LogP contribution >= 0.6 is 0 Å². The normalized spacial score (nSPS) is 13.1. The van der Waals surface area contributed by atoms with E-state index >= 15 is 0 Å². The summed E-state index contributed by atoms with van der Waals surface area (Å²) in [6, 6.07) is 4.89. The summed E-state index contributed by atoms with van der Waals surface area (Å²) in [5, 5.41) is 3.99. The molecule has 2 aromatic rings. The molecule has 0 bridgehead atoms. The number of benzene rings is 1. The zero-order valence-corrected chi connectivity index (χ0v) is 12.7. The summed E-state index contributed by atoms with van der Waals surface area (Å²) in [5.74, 6) is -0.818. The Bertz CT molecular complexity index is 720. The molecule has 0 aliphatic carbocycles. The molecule has 0 aliphatic heterocycles. The second-order valence-electron chi connectivity index (χ2n) is 5.24. The molecule has 0 radical (unpaired) electrons. The van der Waals surface area contributed by atoms with Gasteiger partial charge in [-0.25, -0.2) is 0 Å². The first kappa shape index (κ1) is 17.0. The fraction of sp³-hybridized carbons (Fsp3) is 0.333. The van der Waals surface area contributed by atoms with Crippen molar-refractivity contribution in [2.45, 2.75) is 32.6 Å². The summed E-state index contributed by atoms with van der Waals surface area (Å²) in [4.78, 5) is 11.7. The molecule has 0 spiro atoms. The van der Waals surface area contributed by atoms with Crippen LogP contribution < -0.4 is 11.5 Å². The van der Waals surface area contributed by atoms with Gasteiger partial charge in [-0.05, 0) is 19.4 Å². The predicted octanol–water partition coefficient (Wildman–Crippen LogP) is 2.54. The van der Waals surface area contributed by atoms with Crippen molar-refractivity contribution in [3.8, 4) is 11.3 Å². The molecular formula is C15H17F3N4O. The van der Waals surface area contributed by atoms with Crippen molar-refractivity contribution >= 4 is 5.91 Å². The molecule has 124 valence electrons. The van der Waals surface area contributed by atoms with Crippen molar-refractivity contribution in [1.82, 2.24) is 9.78 Å². The Morgan fingerprint density at radius 2 is 1.87 bits per heavy atom. The monoisotopic (exact) mass is 326 g/mol. The average Bonchev–Trinajstić information content (AvgIpc) is 2.83. The van der Waals surface area contributed by atoms with Crippen LogP contribution in [0.25, 0.3) is 11.3 Å². The van der Waals surface area contributed by atoms with Crippen LogP contribution in [0.4, 0.5) is 13.2 Å². The van der Waals surface area contributed by atoms with E-state index in [-0.39, 0.29) is 17.0 Å². The van der Waals surface area contributed by atoms with Crippen LogP contribution in [-0.2, 0) is 6.54 Å². The van der Waals surface area contributed by atoms with E-state index in [0.29, 0.717) is 12.1 Å². The van der Waals surface area contributed by atoms with Gasteiger partial charge >= 0.3 is 6.18 Å². The second-order valence-corrected chi connectivity index (χ2v) is 5.24. The first-order valence-electron chi connectivity index (χ1n) is 6.91. The number of hydrogen-bond acceptors (Lipinski definition) is 3. The molecule has 1 heterocycles. The van der Waals surface area contributed by atoms with E-state index in [1.807, 2.05) is 0 Å². The summed E-state index contributed by atoms with van der Waals surface area (Å²) in [6.07, 6.45) is -4.48. The van der Waals surface area contributed by atoms with Crippen LogP contribution in [0.1, 0.15) is 34.6 Å². The van der Waals surface area contributed by atoms with Crippen LogP contribution in [0.5, 0.6) is 0 Å². The minimum atomic E-state index is -4.48. The number of alkyl halides is 3. The van der Waals surface area contributed by atoms with Crippen LogP contribution in [0.15, 0.2) is 24.3 Å². The smallest absolute Gasteiger partial charge is 0.365 e. The highest BCUT2D eigenvalue weighted by atomic mass is 19.4. The molecule has 0 saturated carbocycles. The van der Waals surface area contributed by atoms with Gasteiger partial charge in [-0.2, -0.15) is 18.3 Å². The highest BCUT2D eigenvalue weighted by molar-refractivity contribution is 6.00. The third-order valence-electron chi connectivity index (χ3n) is 3.70. The minimum absolute atomic E-state index is 0.0124. The SMILES string of the molecule is Cc1c(C(N)=O)c(-c2ccc(CN)cc2)nn1C(C)C(F)(F)F. The Morgan fingerprint density at radius 3 is 2.30 bits per heavy atom. The molecule has 23 heavy (non-hydrogen) atoms. The molecule has 1 atom stereocenters. The lowest BCUT2D eigenvalue weighted by Crippen LogP contribution is -2.26. The zero-order valence-electron chi connectivity index (χ0n) is 12.7. The number of hydrogen-bond donors (Lipinski definition) is 2. The molecular weight excluding hydrogens is 309 g/mol. The van der Waals surface area contributed by atoms with Crippen LogP contribution in [0.3, 0.4) is 0 Å². The predicted molar refractivity (Wildman–Crippen MR) is 79.6 cm³/mol. The lowest BCUT2D eigenvalue weighted by atomic mass is 10.0. The Labute approximate surface area is 131 Å². The van der Waals surface area contributed by atoms with Gasteiger partial charge in [-0.15, -0.1) is 0 Å². The van der Waals surface area contributed by atoms with E-state index in [0.717, 1.165) is 17.2 Å². The molecule has 1 aromatic heterocycles. The standard InChI is InChI=1S/C15H17F3N4O/c1-8-12(14(20)23)13(11-5-3-10(7-19)4-6-11)21-22(8)9(2)15(16,17)18/h3-6,9H,7,19H2,1-2H3,(H2,20,23). The van der Waals surface area contributed by atoms with E-state index < -0.39 is 18.1 Å². The molecule has 0 fully saturated rings. The number of carbonyl (C=O) groups excluding carboxylic acids is 1. The highest BCUT2D eigenvalue weighted by Gasteiger charge is 2.40. The third-order valence-corrected chi connectivity index (χ3v) is 3.70. The van der Waals surface area contributed by atoms with Gasteiger partial charge in [-0.3, -0.25) is 9.48 Å². The number of amides is 1. The molecule has 0 saturated heterocycles. The quantitative estimate of drug-likeness (QED) is 0.905. The zero-order chi connectivity index (χ0) is 17.4. The molecule has 1 amide bonds. The fourth-order valence-corrected chi connectivity index (χ4v) is 2.33. The molecule has 8 heteroatoms. The van der Waals surface area contributed by atoms with Crippen LogP contribution in [0.2, 0.25) is 0 Å². The molecule has 2 rings (SSSR count). The van der Waals surface area contributed by atoms with Crippen LogP contribution in [0, 0.1) is 6.92 Å². The Hall–Kier alpha value is -2.35. The Kier molecular flexibility index (Phi) is 4.46. The topological polar surface area (TPSA) is 86.9 Å². The molecule has 1 unspecified atom stereocenters. The Balaban J connectivity index is 2.61. The van der Waals surface area contributed by atoms with Gasteiger partial charge in [0.05, 0.1) is 5.56 Å². The lowest BCUT2D eigenvalue weighted by molar-refractivity contribution is -0.165. The van der Waals surface area contributed by atoms with Gasteiger partial charge in [0.15, 0.2) is 0 Å². The van der Waals surface area contributed by atoms with Crippen molar-refractivity contribution in [2.24, 2.45) is 11.5 Å². The van der Waals surface area contributed by atoms with Crippen molar-refractivity contribution in [3.63, 3.8) is 0 Å². The second kappa shape index (κ2) is 6.04. The Morgan fingerprint density at radius 1 is 1.30 bits per heavy atom. The molecule has 1 aromatic carbocycles. The first-order chi connectivity index (χ1) is 10.7. The third kappa shape index (κ3) is 3.21. The van der Waals surface area contributed by atoms with Gasteiger partial charge in [0.25, 0.3) is 5.91 Å². The van der Waals surface area contributed by atoms with Crippen molar-refractivity contribution in [1.29, 1.82) is 0 Å². The van der Waals surface area contributed by atoms with Gasteiger partial charge in [0, 0.05) is 17.8 Å². The summed E-state index contributed by atoms with van der Waals surface area (Å²) >= 11 is 0. The number of nitrogens with two attached hydrogens (primary N) is 2.